The van der Waals surface area contributed by atoms with E-state index < -0.39 is 40.5 Å². The summed E-state index contributed by atoms with van der Waals surface area (Å²) in [5.41, 5.74) is 0.835. The number of rotatable bonds is 8. The van der Waals surface area contributed by atoms with Crippen LogP contribution in [0.4, 0.5) is 8.78 Å². The van der Waals surface area contributed by atoms with Crippen molar-refractivity contribution in [1.82, 2.24) is 0 Å². The molecule has 0 aliphatic carbocycles. The zero-order valence-electron chi connectivity index (χ0n) is 13.3. The van der Waals surface area contributed by atoms with E-state index in [1.165, 1.54) is 12.1 Å². The molecule has 0 heterocycles. The average Bonchev–Trinajstić information content (AvgIpc) is 2.55. The number of carbonyl (C=O) groups is 2. The quantitative estimate of drug-likeness (QED) is 0.349. The molecule has 1 rings (SSSR count). The Morgan fingerprint density at radius 2 is 1.77 bits per heavy atom. The van der Waals surface area contributed by atoms with Crippen LogP contribution in [0.5, 0.6) is 0 Å². The van der Waals surface area contributed by atoms with Crippen molar-refractivity contribution in [2.75, 3.05) is 13.2 Å². The Morgan fingerprint density at radius 3 is 2.27 bits per heavy atom. The van der Waals surface area contributed by atoms with Gasteiger partial charge in [0.15, 0.2) is 13.2 Å². The van der Waals surface area contributed by atoms with E-state index in [1.54, 1.807) is 0 Å². The van der Waals surface area contributed by atoms with Gasteiger partial charge in [-0.2, -0.15) is 17.2 Å². The molecule has 26 heavy (non-hydrogen) atoms. The molecular weight excluding hydrogens is 371 g/mol. The first kappa shape index (κ1) is 22.2. The Labute approximate surface area is 152 Å². The lowest BCUT2D eigenvalue weighted by Gasteiger charge is -2.15. The number of hydrogen-bond acceptors (Lipinski definition) is 6. The van der Waals surface area contributed by atoms with Crippen molar-refractivity contribution in [3.8, 4) is 0 Å². The van der Waals surface area contributed by atoms with E-state index in [0.717, 1.165) is 0 Å². The number of esters is 2. The normalized spacial score (nSPS) is 11.8. The van der Waals surface area contributed by atoms with Crippen LogP contribution in [0.1, 0.15) is 21.5 Å². The van der Waals surface area contributed by atoms with Gasteiger partial charge >= 0.3 is 27.3 Å². The van der Waals surface area contributed by atoms with Gasteiger partial charge in [-0.25, -0.2) is 9.59 Å². The molecule has 0 fully saturated rings. The van der Waals surface area contributed by atoms with Crippen LogP contribution in [0.15, 0.2) is 12.1 Å². The summed E-state index contributed by atoms with van der Waals surface area (Å²) in [4.78, 5) is 23.4. The standard InChI is InChI=1S/C13H11B3F2O7S/c14-3-7-1-8(9(4-15)10(16)2-7)12(20)24-5-11(19)25-6-13(17,18)26(21,22)23/h1-2H,3-6H2,(H,21,22,23). The summed E-state index contributed by atoms with van der Waals surface area (Å²) in [7, 11) is 10.9. The monoisotopic (exact) mass is 382 g/mol. The first-order chi connectivity index (χ1) is 11.9. The van der Waals surface area contributed by atoms with Crippen LogP contribution in [-0.4, -0.2) is 66.9 Å². The van der Waals surface area contributed by atoms with E-state index in [4.69, 9.17) is 28.1 Å². The topological polar surface area (TPSA) is 107 Å². The number of alkyl halides is 2. The Morgan fingerprint density at radius 1 is 1.15 bits per heavy atom. The molecule has 0 aromatic heterocycles. The molecule has 1 aromatic carbocycles. The second kappa shape index (κ2) is 8.67. The average molecular weight is 382 g/mol. The Balaban J connectivity index is 2.75. The van der Waals surface area contributed by atoms with Crippen LogP contribution in [0.3, 0.4) is 0 Å². The van der Waals surface area contributed by atoms with Crippen LogP contribution >= 0.6 is 0 Å². The van der Waals surface area contributed by atoms with E-state index in [2.05, 4.69) is 9.47 Å². The number of halogens is 2. The molecule has 0 atom stereocenters. The van der Waals surface area contributed by atoms with Crippen molar-refractivity contribution >= 4 is 51.1 Å². The van der Waals surface area contributed by atoms with E-state index in [1.807, 2.05) is 0 Å². The smallest absolute Gasteiger partial charge is 0.402 e. The molecule has 7 nitrogen and oxygen atoms in total. The highest BCUT2D eigenvalue weighted by Gasteiger charge is 2.45. The third-order valence-corrected chi connectivity index (χ3v) is 3.98. The van der Waals surface area contributed by atoms with Crippen molar-refractivity contribution in [3.63, 3.8) is 0 Å². The summed E-state index contributed by atoms with van der Waals surface area (Å²) in [6.07, 6.45) is -0.0613. The van der Waals surface area contributed by atoms with E-state index in [0.29, 0.717) is 5.56 Å². The SMILES string of the molecule is [B]Cc1cc([B])c(C[B])c(C(=O)OCC(=O)OCC(F)(F)S(=O)(=O)O)c1. The zero-order chi connectivity index (χ0) is 20.1. The molecule has 134 valence electrons. The van der Waals surface area contributed by atoms with Crippen molar-refractivity contribution < 1.29 is 40.8 Å². The van der Waals surface area contributed by atoms with Crippen molar-refractivity contribution in [2.45, 2.75) is 17.9 Å². The summed E-state index contributed by atoms with van der Waals surface area (Å²) >= 11 is 0. The minimum atomic E-state index is -5.75. The third-order valence-electron chi connectivity index (χ3n) is 3.10. The fourth-order valence-corrected chi connectivity index (χ4v) is 1.98. The van der Waals surface area contributed by atoms with Gasteiger partial charge in [0.25, 0.3) is 0 Å². The molecule has 0 bridgehead atoms. The maximum Gasteiger partial charge on any atom is 0.402 e. The molecule has 6 radical (unpaired) electrons. The van der Waals surface area contributed by atoms with Gasteiger partial charge in [0.2, 0.25) is 0 Å². The molecule has 0 saturated carbocycles. The molecule has 0 aliphatic rings. The van der Waals surface area contributed by atoms with Crippen molar-refractivity contribution in [2.24, 2.45) is 0 Å². The number of benzene rings is 1. The highest BCUT2D eigenvalue weighted by Crippen LogP contribution is 2.20. The minimum absolute atomic E-state index is 0.0576. The minimum Gasteiger partial charge on any atom is -0.455 e. The molecule has 0 saturated heterocycles. The lowest BCUT2D eigenvalue weighted by molar-refractivity contribution is -0.153. The molecule has 13 heteroatoms. The first-order valence-corrected chi connectivity index (χ1v) is 8.36. The number of ether oxygens (including phenoxy) is 2. The lowest BCUT2D eigenvalue weighted by Crippen LogP contribution is -2.35. The van der Waals surface area contributed by atoms with E-state index in [9.17, 15) is 26.8 Å². The molecule has 0 amide bonds. The predicted molar refractivity (Wildman–Crippen MR) is 88.5 cm³/mol. The van der Waals surface area contributed by atoms with Crippen LogP contribution in [0.2, 0.25) is 0 Å². The molecule has 0 aliphatic heterocycles. The summed E-state index contributed by atoms with van der Waals surface area (Å²) in [6, 6.07) is 2.85. The Kier molecular flexibility index (Phi) is 7.40. The van der Waals surface area contributed by atoms with Crippen LogP contribution in [0.25, 0.3) is 0 Å². The molecular formula is C13H11B3F2O7S. The van der Waals surface area contributed by atoms with Crippen LogP contribution in [-0.2, 0) is 37.0 Å². The maximum absolute atomic E-state index is 12.9. The van der Waals surface area contributed by atoms with E-state index in [-0.39, 0.29) is 29.2 Å². The second-order valence-corrected chi connectivity index (χ2v) is 6.52. The zero-order valence-corrected chi connectivity index (χ0v) is 14.1. The van der Waals surface area contributed by atoms with E-state index >= 15 is 0 Å². The van der Waals surface area contributed by atoms with Crippen molar-refractivity contribution in [1.29, 1.82) is 0 Å². The number of carbonyl (C=O) groups excluding carboxylic acids is 2. The van der Waals surface area contributed by atoms with Gasteiger partial charge in [-0.1, -0.05) is 29.7 Å². The molecule has 1 aromatic rings. The predicted octanol–water partition coefficient (Wildman–Crippen LogP) is -1.00. The Bertz CT molecular complexity index is 799. The largest absolute Gasteiger partial charge is 0.455 e. The van der Waals surface area contributed by atoms with Crippen LogP contribution in [0, 0.1) is 0 Å². The van der Waals surface area contributed by atoms with Gasteiger partial charge < -0.3 is 9.47 Å². The molecule has 1 N–H and O–H groups in total. The summed E-state index contributed by atoms with van der Waals surface area (Å²) in [5, 5.41) is -4.69. The van der Waals surface area contributed by atoms with Gasteiger partial charge in [0, 0.05) is 0 Å². The third kappa shape index (κ3) is 5.56. The summed E-state index contributed by atoms with van der Waals surface area (Å²) < 4.78 is 63.4. The fraction of sp³-hybridized carbons (Fsp3) is 0.385. The van der Waals surface area contributed by atoms with Gasteiger partial charge in [-0.3, -0.25) is 4.55 Å². The van der Waals surface area contributed by atoms with Gasteiger partial charge in [-0.05, 0) is 11.6 Å². The van der Waals surface area contributed by atoms with Gasteiger partial charge in [0.1, 0.15) is 7.85 Å². The maximum atomic E-state index is 12.9. The molecule has 0 spiro atoms. The van der Waals surface area contributed by atoms with Crippen molar-refractivity contribution in [3.05, 3.63) is 28.8 Å². The lowest BCUT2D eigenvalue weighted by atomic mass is 9.78. The fourth-order valence-electron chi connectivity index (χ4n) is 1.77. The first-order valence-electron chi connectivity index (χ1n) is 6.92. The Hall–Kier alpha value is -1.88. The number of hydrogen-bond donors (Lipinski definition) is 1. The van der Waals surface area contributed by atoms with Gasteiger partial charge in [0.05, 0.1) is 21.3 Å². The highest BCUT2D eigenvalue weighted by atomic mass is 32.2. The van der Waals surface area contributed by atoms with Crippen LogP contribution < -0.4 is 5.46 Å². The highest BCUT2D eigenvalue weighted by molar-refractivity contribution is 7.86. The second-order valence-electron chi connectivity index (χ2n) is 4.97. The summed E-state index contributed by atoms with van der Waals surface area (Å²) in [6.45, 7) is -3.02. The molecule has 0 unspecified atom stereocenters. The summed E-state index contributed by atoms with van der Waals surface area (Å²) in [5.74, 6) is -2.50. The van der Waals surface area contributed by atoms with Gasteiger partial charge in [-0.15, -0.1) is 0 Å².